The SMILES string of the molecule is CC(C)C1CCCN(CC=CCN)CC1. The molecule has 88 valence electrons. The van der Waals surface area contributed by atoms with Crippen molar-refractivity contribution in [3.8, 4) is 0 Å². The van der Waals surface area contributed by atoms with Crippen LogP contribution in [0.4, 0.5) is 0 Å². The molecule has 15 heavy (non-hydrogen) atoms. The zero-order valence-corrected chi connectivity index (χ0v) is 10.3. The standard InChI is InChI=1S/C13H26N2/c1-12(2)13-6-5-10-15(11-7-13)9-4-3-8-14/h3-4,12-13H,5-11,14H2,1-2H3. The van der Waals surface area contributed by atoms with Crippen molar-refractivity contribution in [2.45, 2.75) is 33.1 Å². The molecule has 1 atom stereocenters. The van der Waals surface area contributed by atoms with Gasteiger partial charge in [0.05, 0.1) is 0 Å². The van der Waals surface area contributed by atoms with Gasteiger partial charge in [0.2, 0.25) is 0 Å². The minimum Gasteiger partial charge on any atom is -0.327 e. The lowest BCUT2D eigenvalue weighted by molar-refractivity contribution is 0.295. The van der Waals surface area contributed by atoms with Crippen LogP contribution in [0.2, 0.25) is 0 Å². The summed E-state index contributed by atoms with van der Waals surface area (Å²) < 4.78 is 0. The average Bonchev–Trinajstić information content (AvgIpc) is 2.44. The Bertz CT molecular complexity index is 187. The van der Waals surface area contributed by atoms with Gasteiger partial charge in [-0.25, -0.2) is 0 Å². The van der Waals surface area contributed by atoms with Crippen LogP contribution < -0.4 is 5.73 Å². The first-order valence-electron chi connectivity index (χ1n) is 6.31. The molecule has 0 saturated carbocycles. The Kier molecular flexibility index (Phi) is 5.96. The zero-order valence-electron chi connectivity index (χ0n) is 10.3. The maximum absolute atomic E-state index is 5.43. The number of hydrogen-bond acceptors (Lipinski definition) is 2. The molecule has 0 aromatic heterocycles. The van der Waals surface area contributed by atoms with E-state index in [1.165, 1.54) is 32.4 Å². The topological polar surface area (TPSA) is 29.3 Å². The number of likely N-dealkylation sites (tertiary alicyclic amines) is 1. The van der Waals surface area contributed by atoms with Crippen LogP contribution >= 0.6 is 0 Å². The van der Waals surface area contributed by atoms with E-state index in [2.05, 4.69) is 30.9 Å². The molecule has 2 nitrogen and oxygen atoms in total. The van der Waals surface area contributed by atoms with E-state index in [4.69, 9.17) is 5.73 Å². The molecule has 1 fully saturated rings. The third-order valence-electron chi connectivity index (χ3n) is 3.47. The van der Waals surface area contributed by atoms with Gasteiger partial charge >= 0.3 is 0 Å². The van der Waals surface area contributed by atoms with Crippen LogP contribution in [0.5, 0.6) is 0 Å². The van der Waals surface area contributed by atoms with Crippen LogP contribution in [-0.4, -0.2) is 31.1 Å². The summed E-state index contributed by atoms with van der Waals surface area (Å²) >= 11 is 0. The van der Waals surface area contributed by atoms with Gasteiger partial charge in [-0.05, 0) is 44.2 Å². The Balaban J connectivity index is 2.29. The molecule has 1 rings (SSSR count). The van der Waals surface area contributed by atoms with E-state index in [0.29, 0.717) is 6.54 Å². The third-order valence-corrected chi connectivity index (χ3v) is 3.47. The maximum Gasteiger partial charge on any atom is 0.0163 e. The zero-order chi connectivity index (χ0) is 11.1. The van der Waals surface area contributed by atoms with Crippen LogP contribution in [0.25, 0.3) is 0 Å². The van der Waals surface area contributed by atoms with E-state index < -0.39 is 0 Å². The quantitative estimate of drug-likeness (QED) is 0.721. The minimum absolute atomic E-state index is 0.669. The smallest absolute Gasteiger partial charge is 0.0163 e. The molecule has 1 unspecified atom stereocenters. The second-order valence-corrected chi connectivity index (χ2v) is 4.94. The van der Waals surface area contributed by atoms with Gasteiger partial charge in [-0.1, -0.05) is 26.0 Å². The molecule has 1 aliphatic heterocycles. The molecule has 0 bridgehead atoms. The molecule has 0 aliphatic carbocycles. The molecule has 0 spiro atoms. The fourth-order valence-corrected chi connectivity index (χ4v) is 2.35. The fraction of sp³-hybridized carbons (Fsp3) is 0.846. The second-order valence-electron chi connectivity index (χ2n) is 4.94. The van der Waals surface area contributed by atoms with E-state index in [0.717, 1.165) is 18.4 Å². The van der Waals surface area contributed by atoms with Gasteiger partial charge in [-0.15, -0.1) is 0 Å². The molecule has 1 aliphatic rings. The molecular weight excluding hydrogens is 184 g/mol. The summed E-state index contributed by atoms with van der Waals surface area (Å²) in [6, 6.07) is 0. The highest BCUT2D eigenvalue weighted by Crippen LogP contribution is 2.24. The predicted molar refractivity (Wildman–Crippen MR) is 66.8 cm³/mol. The lowest BCUT2D eigenvalue weighted by Gasteiger charge is -2.19. The fourth-order valence-electron chi connectivity index (χ4n) is 2.35. The highest BCUT2D eigenvalue weighted by Gasteiger charge is 2.18. The van der Waals surface area contributed by atoms with E-state index in [1.807, 2.05) is 0 Å². The summed E-state index contributed by atoms with van der Waals surface area (Å²) in [5.74, 6) is 1.79. The molecule has 0 radical (unpaired) electrons. The van der Waals surface area contributed by atoms with Crippen molar-refractivity contribution in [2.24, 2.45) is 17.6 Å². The van der Waals surface area contributed by atoms with Gasteiger partial charge in [0.15, 0.2) is 0 Å². The summed E-state index contributed by atoms with van der Waals surface area (Å²) in [6.07, 6.45) is 8.41. The summed E-state index contributed by atoms with van der Waals surface area (Å²) in [5.41, 5.74) is 5.43. The van der Waals surface area contributed by atoms with Gasteiger partial charge in [0, 0.05) is 13.1 Å². The Morgan fingerprint density at radius 2 is 2.07 bits per heavy atom. The molecule has 1 heterocycles. The van der Waals surface area contributed by atoms with Crippen molar-refractivity contribution >= 4 is 0 Å². The molecule has 2 heteroatoms. The van der Waals surface area contributed by atoms with Crippen molar-refractivity contribution in [3.05, 3.63) is 12.2 Å². The number of nitrogens with two attached hydrogens (primary N) is 1. The Hall–Kier alpha value is -0.340. The van der Waals surface area contributed by atoms with E-state index >= 15 is 0 Å². The van der Waals surface area contributed by atoms with Crippen LogP contribution in [0.3, 0.4) is 0 Å². The maximum atomic E-state index is 5.43. The number of rotatable bonds is 4. The largest absolute Gasteiger partial charge is 0.327 e. The lowest BCUT2D eigenvalue weighted by atomic mass is 9.89. The van der Waals surface area contributed by atoms with Gasteiger partial charge in [-0.2, -0.15) is 0 Å². The Morgan fingerprint density at radius 3 is 2.73 bits per heavy atom. The highest BCUT2D eigenvalue weighted by molar-refractivity contribution is 4.86. The van der Waals surface area contributed by atoms with Crippen LogP contribution in [-0.2, 0) is 0 Å². The average molecular weight is 210 g/mol. The number of hydrogen-bond donors (Lipinski definition) is 1. The van der Waals surface area contributed by atoms with Crippen molar-refractivity contribution in [1.82, 2.24) is 4.90 Å². The summed E-state index contributed by atoms with van der Waals surface area (Å²) in [4.78, 5) is 2.55. The van der Waals surface area contributed by atoms with E-state index in [1.54, 1.807) is 0 Å². The van der Waals surface area contributed by atoms with E-state index in [9.17, 15) is 0 Å². The van der Waals surface area contributed by atoms with Crippen molar-refractivity contribution < 1.29 is 0 Å². The Morgan fingerprint density at radius 1 is 1.27 bits per heavy atom. The summed E-state index contributed by atoms with van der Waals surface area (Å²) in [7, 11) is 0. The predicted octanol–water partition coefficient (Wildman–Crippen LogP) is 2.26. The van der Waals surface area contributed by atoms with Crippen molar-refractivity contribution in [2.75, 3.05) is 26.2 Å². The summed E-state index contributed by atoms with van der Waals surface area (Å²) in [5, 5.41) is 0. The molecular formula is C13H26N2. The van der Waals surface area contributed by atoms with Crippen LogP contribution in [0.1, 0.15) is 33.1 Å². The van der Waals surface area contributed by atoms with Crippen LogP contribution in [0.15, 0.2) is 12.2 Å². The van der Waals surface area contributed by atoms with Gasteiger partial charge in [0.1, 0.15) is 0 Å². The second kappa shape index (κ2) is 7.02. The first-order valence-corrected chi connectivity index (χ1v) is 6.31. The molecule has 0 aromatic rings. The van der Waals surface area contributed by atoms with Crippen molar-refractivity contribution in [1.29, 1.82) is 0 Å². The molecule has 2 N–H and O–H groups in total. The number of nitrogens with zero attached hydrogens (tertiary/aromatic N) is 1. The third kappa shape index (κ3) is 4.80. The summed E-state index contributed by atoms with van der Waals surface area (Å²) in [6.45, 7) is 8.99. The molecule has 0 aromatic carbocycles. The van der Waals surface area contributed by atoms with Crippen LogP contribution in [0, 0.1) is 11.8 Å². The first-order chi connectivity index (χ1) is 7.24. The lowest BCUT2D eigenvalue weighted by Crippen LogP contribution is -2.25. The molecule has 1 saturated heterocycles. The minimum atomic E-state index is 0.669. The van der Waals surface area contributed by atoms with E-state index in [-0.39, 0.29) is 0 Å². The van der Waals surface area contributed by atoms with Gasteiger partial charge in [0.25, 0.3) is 0 Å². The van der Waals surface area contributed by atoms with Crippen molar-refractivity contribution in [3.63, 3.8) is 0 Å². The first kappa shape index (κ1) is 12.7. The van der Waals surface area contributed by atoms with Gasteiger partial charge < -0.3 is 5.73 Å². The highest BCUT2D eigenvalue weighted by atomic mass is 15.1. The monoisotopic (exact) mass is 210 g/mol. The Labute approximate surface area is 94.5 Å². The normalized spacial score (nSPS) is 24.9. The van der Waals surface area contributed by atoms with Gasteiger partial charge in [-0.3, -0.25) is 4.90 Å². The molecule has 0 amide bonds.